The number of hydrogen-bond acceptors (Lipinski definition) is 5. The lowest BCUT2D eigenvalue weighted by Gasteiger charge is -2.19. The summed E-state index contributed by atoms with van der Waals surface area (Å²) < 4.78 is 1.99. The zero-order valence-electron chi connectivity index (χ0n) is 15.8. The molecule has 27 heavy (non-hydrogen) atoms. The molecule has 0 aromatic carbocycles. The topological polar surface area (TPSA) is 72.7 Å². The Morgan fingerprint density at radius 1 is 1.30 bits per heavy atom. The van der Waals surface area contributed by atoms with Gasteiger partial charge in [0.05, 0.1) is 5.25 Å². The van der Waals surface area contributed by atoms with Gasteiger partial charge in [0.15, 0.2) is 11.0 Å². The summed E-state index contributed by atoms with van der Waals surface area (Å²) >= 11 is 1.44. The fraction of sp³-hybridized carbons (Fsp3) is 0.500. The van der Waals surface area contributed by atoms with Gasteiger partial charge in [-0.1, -0.05) is 43.5 Å². The van der Waals surface area contributed by atoms with E-state index in [2.05, 4.69) is 27.1 Å². The molecule has 1 aliphatic carbocycles. The summed E-state index contributed by atoms with van der Waals surface area (Å²) in [5, 5.41) is 12.4. The van der Waals surface area contributed by atoms with Crippen molar-refractivity contribution in [1.29, 1.82) is 0 Å². The van der Waals surface area contributed by atoms with Crippen LogP contribution >= 0.6 is 11.8 Å². The zero-order valence-corrected chi connectivity index (χ0v) is 16.6. The number of carbonyl (C=O) groups is 1. The number of amides is 1. The number of nitrogens with one attached hydrogen (secondary N) is 1. The van der Waals surface area contributed by atoms with Crippen molar-refractivity contribution in [2.24, 2.45) is 0 Å². The first-order chi connectivity index (χ1) is 13.2. The van der Waals surface area contributed by atoms with Gasteiger partial charge in [0, 0.05) is 30.5 Å². The van der Waals surface area contributed by atoms with E-state index in [0.717, 1.165) is 29.4 Å². The molecule has 1 N–H and O–H groups in total. The molecule has 0 spiro atoms. The lowest BCUT2D eigenvalue weighted by molar-refractivity contribution is -0.121. The number of nitrogens with zero attached hydrogens (tertiary/aromatic N) is 4. The van der Waals surface area contributed by atoms with Crippen LogP contribution in [0.3, 0.4) is 0 Å². The average molecular weight is 386 g/mol. The molecule has 2 aromatic rings. The maximum atomic E-state index is 12.7. The molecule has 144 valence electrons. The van der Waals surface area contributed by atoms with Gasteiger partial charge >= 0.3 is 0 Å². The summed E-state index contributed by atoms with van der Waals surface area (Å²) in [5.41, 5.74) is 0.946. The lowest BCUT2D eigenvalue weighted by atomic mass is 10.1. The van der Waals surface area contributed by atoms with Crippen molar-refractivity contribution < 1.29 is 4.79 Å². The average Bonchev–Trinajstić information content (AvgIpc) is 2.89. The minimum Gasteiger partial charge on any atom is -0.352 e. The van der Waals surface area contributed by atoms with E-state index in [1.165, 1.54) is 37.4 Å². The molecule has 0 bridgehead atoms. The van der Waals surface area contributed by atoms with Crippen LogP contribution in [0.5, 0.6) is 0 Å². The van der Waals surface area contributed by atoms with Crippen LogP contribution in [0, 0.1) is 0 Å². The Morgan fingerprint density at radius 3 is 2.67 bits per heavy atom. The van der Waals surface area contributed by atoms with E-state index in [0.29, 0.717) is 12.6 Å². The number of allylic oxidation sites excluding steroid dienone is 1. The molecule has 3 rings (SSSR count). The normalized spacial score (nSPS) is 16.5. The molecule has 0 saturated heterocycles. The second kappa shape index (κ2) is 9.69. The van der Waals surface area contributed by atoms with Gasteiger partial charge in [-0.25, -0.2) is 0 Å². The molecule has 2 aromatic heterocycles. The summed E-state index contributed by atoms with van der Waals surface area (Å²) in [5.74, 6) is 0.835. The minimum atomic E-state index is -0.230. The SMILES string of the molecule is C=CCn1c(S[C@@H](C)C(=O)NC2CCCCCC2)nnc1-c1ccncc1. The fourth-order valence-electron chi connectivity index (χ4n) is 3.34. The lowest BCUT2D eigenvalue weighted by Crippen LogP contribution is -2.39. The molecule has 1 aliphatic rings. The Morgan fingerprint density at radius 2 is 2.00 bits per heavy atom. The predicted octanol–water partition coefficient (Wildman–Crippen LogP) is 3.85. The highest BCUT2D eigenvalue weighted by molar-refractivity contribution is 8.00. The predicted molar refractivity (Wildman–Crippen MR) is 108 cm³/mol. The number of rotatable bonds is 7. The summed E-state index contributed by atoms with van der Waals surface area (Å²) in [7, 11) is 0. The third-order valence-electron chi connectivity index (χ3n) is 4.82. The molecule has 0 aliphatic heterocycles. The van der Waals surface area contributed by atoms with Gasteiger partial charge in [0.2, 0.25) is 5.91 Å². The Hall–Kier alpha value is -2.15. The van der Waals surface area contributed by atoms with Crippen LogP contribution in [0.2, 0.25) is 0 Å². The largest absolute Gasteiger partial charge is 0.352 e. The van der Waals surface area contributed by atoms with Gasteiger partial charge < -0.3 is 5.32 Å². The summed E-state index contributed by atoms with van der Waals surface area (Å²) in [6.07, 6.45) is 12.4. The quantitative estimate of drug-likeness (QED) is 0.445. The number of hydrogen-bond donors (Lipinski definition) is 1. The van der Waals surface area contributed by atoms with Crippen molar-refractivity contribution >= 4 is 17.7 Å². The van der Waals surface area contributed by atoms with E-state index >= 15 is 0 Å². The highest BCUT2D eigenvalue weighted by atomic mass is 32.2. The van der Waals surface area contributed by atoms with E-state index in [-0.39, 0.29) is 11.2 Å². The van der Waals surface area contributed by atoms with Crippen LogP contribution in [-0.4, -0.2) is 36.9 Å². The van der Waals surface area contributed by atoms with Crippen LogP contribution in [0.1, 0.15) is 45.4 Å². The Kier molecular flexibility index (Phi) is 7.04. The molecule has 1 atom stereocenters. The highest BCUT2D eigenvalue weighted by Gasteiger charge is 2.23. The molecule has 1 amide bonds. The molecule has 2 heterocycles. The molecule has 6 nitrogen and oxygen atoms in total. The van der Waals surface area contributed by atoms with Crippen LogP contribution in [0.4, 0.5) is 0 Å². The maximum Gasteiger partial charge on any atom is 0.233 e. The van der Waals surface area contributed by atoms with Crippen LogP contribution in [0.15, 0.2) is 42.3 Å². The van der Waals surface area contributed by atoms with E-state index in [4.69, 9.17) is 0 Å². The molecule has 1 fully saturated rings. The Labute approximate surface area is 164 Å². The third kappa shape index (κ3) is 5.19. The minimum absolute atomic E-state index is 0.0746. The standard InChI is InChI=1S/C20H27N5OS/c1-3-14-25-18(16-10-12-21-13-11-16)23-24-20(25)27-15(2)19(26)22-17-8-6-4-5-7-9-17/h3,10-13,15,17H,1,4-9,14H2,2H3,(H,22,26)/t15-/m0/s1. The van der Waals surface area contributed by atoms with E-state index in [9.17, 15) is 4.79 Å². The summed E-state index contributed by atoms with van der Waals surface area (Å²) in [4.78, 5) is 16.7. The van der Waals surface area contributed by atoms with Crippen LogP contribution < -0.4 is 5.32 Å². The number of carbonyl (C=O) groups excluding carboxylic acids is 1. The van der Waals surface area contributed by atoms with Crippen LogP contribution in [0.25, 0.3) is 11.4 Å². The smallest absolute Gasteiger partial charge is 0.233 e. The van der Waals surface area contributed by atoms with Crippen molar-refractivity contribution in [3.63, 3.8) is 0 Å². The first-order valence-corrected chi connectivity index (χ1v) is 10.5. The van der Waals surface area contributed by atoms with Crippen molar-refractivity contribution in [1.82, 2.24) is 25.1 Å². The van der Waals surface area contributed by atoms with Crippen molar-refractivity contribution in [3.8, 4) is 11.4 Å². The summed E-state index contributed by atoms with van der Waals surface area (Å²) in [6, 6.07) is 4.11. The van der Waals surface area contributed by atoms with Gasteiger partial charge in [0.1, 0.15) is 0 Å². The molecular formula is C20H27N5OS. The second-order valence-corrected chi connectivity index (χ2v) is 8.21. The third-order valence-corrected chi connectivity index (χ3v) is 5.90. The first-order valence-electron chi connectivity index (χ1n) is 9.60. The summed E-state index contributed by atoms with van der Waals surface area (Å²) in [6.45, 7) is 6.35. The highest BCUT2D eigenvalue weighted by Crippen LogP contribution is 2.27. The van der Waals surface area contributed by atoms with Crippen molar-refractivity contribution in [2.75, 3.05) is 0 Å². The number of pyridine rings is 1. The van der Waals surface area contributed by atoms with Gasteiger partial charge in [-0.15, -0.1) is 16.8 Å². The van der Waals surface area contributed by atoms with Gasteiger partial charge in [-0.05, 0) is 31.9 Å². The molecule has 0 radical (unpaired) electrons. The monoisotopic (exact) mass is 385 g/mol. The Balaban J connectivity index is 1.69. The van der Waals surface area contributed by atoms with Gasteiger partial charge in [0.25, 0.3) is 0 Å². The number of aromatic nitrogens is 4. The Bertz CT molecular complexity index is 753. The molecule has 0 unspecified atom stereocenters. The van der Waals surface area contributed by atoms with Crippen LogP contribution in [-0.2, 0) is 11.3 Å². The zero-order chi connectivity index (χ0) is 19.1. The van der Waals surface area contributed by atoms with Gasteiger partial charge in [-0.3, -0.25) is 14.3 Å². The van der Waals surface area contributed by atoms with E-state index in [1.54, 1.807) is 12.4 Å². The van der Waals surface area contributed by atoms with E-state index in [1.807, 2.05) is 29.7 Å². The van der Waals surface area contributed by atoms with Gasteiger partial charge in [-0.2, -0.15) is 0 Å². The molecule has 1 saturated carbocycles. The fourth-order valence-corrected chi connectivity index (χ4v) is 4.21. The van der Waals surface area contributed by atoms with E-state index < -0.39 is 0 Å². The maximum absolute atomic E-state index is 12.7. The first kappa shape index (κ1) is 19.6. The molecule has 7 heteroatoms. The number of thioether (sulfide) groups is 1. The molecular weight excluding hydrogens is 358 g/mol. The van der Waals surface area contributed by atoms with Crippen molar-refractivity contribution in [2.45, 2.75) is 68.4 Å². The van der Waals surface area contributed by atoms with Crippen molar-refractivity contribution in [3.05, 3.63) is 37.2 Å². The second-order valence-electron chi connectivity index (χ2n) is 6.90.